The van der Waals surface area contributed by atoms with Gasteiger partial charge in [0.15, 0.2) is 0 Å². The highest BCUT2D eigenvalue weighted by Crippen LogP contribution is 2.14. The van der Waals surface area contributed by atoms with Crippen LogP contribution in [0.2, 0.25) is 5.02 Å². The zero-order valence-electron chi connectivity index (χ0n) is 9.01. The number of halogens is 2. The van der Waals surface area contributed by atoms with E-state index in [2.05, 4.69) is 11.9 Å². The fraction of sp³-hybridized carbons (Fsp3) is 0.333. The summed E-state index contributed by atoms with van der Waals surface area (Å²) in [7, 11) is 0. The molecule has 0 atom stereocenters. The second kappa shape index (κ2) is 7.71. The SMILES string of the molecule is C=CCSCCNCc1ccc(Cl)cc1F. The van der Waals surface area contributed by atoms with Gasteiger partial charge in [0.05, 0.1) is 0 Å². The van der Waals surface area contributed by atoms with E-state index in [-0.39, 0.29) is 5.82 Å². The van der Waals surface area contributed by atoms with Crippen molar-refractivity contribution in [2.75, 3.05) is 18.1 Å². The minimum atomic E-state index is -0.251. The van der Waals surface area contributed by atoms with Crippen molar-refractivity contribution in [1.29, 1.82) is 0 Å². The molecule has 0 amide bonds. The maximum Gasteiger partial charge on any atom is 0.129 e. The highest BCUT2D eigenvalue weighted by molar-refractivity contribution is 7.99. The predicted molar refractivity (Wildman–Crippen MR) is 70.6 cm³/mol. The van der Waals surface area contributed by atoms with E-state index in [1.165, 1.54) is 6.07 Å². The molecule has 0 saturated carbocycles. The molecule has 0 aliphatic rings. The van der Waals surface area contributed by atoms with E-state index in [9.17, 15) is 4.39 Å². The van der Waals surface area contributed by atoms with E-state index in [4.69, 9.17) is 11.6 Å². The summed E-state index contributed by atoms with van der Waals surface area (Å²) in [5.74, 6) is 1.71. The molecule has 0 spiro atoms. The van der Waals surface area contributed by atoms with Gasteiger partial charge in [0.25, 0.3) is 0 Å². The lowest BCUT2D eigenvalue weighted by molar-refractivity contribution is 0.594. The van der Waals surface area contributed by atoms with E-state index in [1.807, 2.05) is 6.08 Å². The molecule has 1 nitrogen and oxygen atoms in total. The van der Waals surface area contributed by atoms with Crippen LogP contribution in [-0.2, 0) is 6.54 Å². The Morgan fingerprint density at radius 2 is 2.31 bits per heavy atom. The molecule has 1 N–H and O–H groups in total. The Bertz CT molecular complexity index is 344. The van der Waals surface area contributed by atoms with Gasteiger partial charge in [0.2, 0.25) is 0 Å². The topological polar surface area (TPSA) is 12.0 Å². The Hall–Kier alpha value is -0.510. The van der Waals surface area contributed by atoms with Crippen molar-refractivity contribution < 1.29 is 4.39 Å². The fourth-order valence-corrected chi connectivity index (χ4v) is 1.98. The minimum Gasteiger partial charge on any atom is -0.312 e. The Kier molecular flexibility index (Phi) is 6.53. The predicted octanol–water partition coefficient (Wildman–Crippen LogP) is 3.49. The highest BCUT2D eigenvalue weighted by atomic mass is 35.5. The van der Waals surface area contributed by atoms with E-state index in [0.717, 1.165) is 18.1 Å². The van der Waals surface area contributed by atoms with Crippen molar-refractivity contribution >= 4 is 23.4 Å². The second-order valence-corrected chi connectivity index (χ2v) is 4.86. The van der Waals surface area contributed by atoms with Crippen LogP contribution in [0.3, 0.4) is 0 Å². The summed E-state index contributed by atoms with van der Waals surface area (Å²) in [5, 5.41) is 3.62. The molecule has 16 heavy (non-hydrogen) atoms. The lowest BCUT2D eigenvalue weighted by atomic mass is 10.2. The van der Waals surface area contributed by atoms with E-state index < -0.39 is 0 Å². The van der Waals surface area contributed by atoms with Gasteiger partial charge >= 0.3 is 0 Å². The van der Waals surface area contributed by atoms with E-state index in [1.54, 1.807) is 23.9 Å². The Morgan fingerprint density at radius 1 is 1.50 bits per heavy atom. The molecule has 0 fully saturated rings. The molecular formula is C12H15ClFNS. The molecule has 0 aromatic heterocycles. The number of hydrogen-bond donors (Lipinski definition) is 1. The lowest BCUT2D eigenvalue weighted by Crippen LogP contribution is -2.17. The maximum atomic E-state index is 13.3. The van der Waals surface area contributed by atoms with Crippen LogP contribution in [0.1, 0.15) is 5.56 Å². The Morgan fingerprint density at radius 3 is 3.00 bits per heavy atom. The average Bonchev–Trinajstić information content (AvgIpc) is 2.26. The van der Waals surface area contributed by atoms with Crippen molar-refractivity contribution in [2.45, 2.75) is 6.54 Å². The fourth-order valence-electron chi connectivity index (χ4n) is 1.20. The standard InChI is InChI=1S/C12H15ClFNS/c1-2-6-16-7-5-15-9-10-3-4-11(13)8-12(10)14/h2-4,8,15H,1,5-7,9H2. The van der Waals surface area contributed by atoms with Gasteiger partial charge in [-0.3, -0.25) is 0 Å². The summed E-state index contributed by atoms with van der Waals surface area (Å²) < 4.78 is 13.3. The molecule has 1 aromatic carbocycles. The molecule has 1 rings (SSSR count). The first kappa shape index (κ1) is 13.6. The Labute approximate surface area is 105 Å². The van der Waals surface area contributed by atoms with Crippen LogP contribution in [0, 0.1) is 5.82 Å². The number of thioether (sulfide) groups is 1. The van der Waals surface area contributed by atoms with E-state index >= 15 is 0 Å². The first-order valence-corrected chi connectivity index (χ1v) is 6.60. The van der Waals surface area contributed by atoms with Gasteiger partial charge in [-0.2, -0.15) is 11.8 Å². The third-order valence-corrected chi connectivity index (χ3v) is 3.19. The van der Waals surface area contributed by atoms with Crippen molar-refractivity contribution in [1.82, 2.24) is 5.32 Å². The van der Waals surface area contributed by atoms with Gasteiger partial charge in [-0.1, -0.05) is 23.7 Å². The molecule has 0 aliphatic carbocycles. The van der Waals surface area contributed by atoms with Crippen LogP contribution in [0.5, 0.6) is 0 Å². The lowest BCUT2D eigenvalue weighted by Gasteiger charge is -2.05. The van der Waals surface area contributed by atoms with Crippen molar-refractivity contribution in [3.05, 3.63) is 47.3 Å². The molecular weight excluding hydrogens is 245 g/mol. The summed E-state index contributed by atoms with van der Waals surface area (Å²) in [6.07, 6.45) is 1.88. The van der Waals surface area contributed by atoms with Gasteiger partial charge in [-0.15, -0.1) is 6.58 Å². The van der Waals surface area contributed by atoms with Crippen molar-refractivity contribution in [2.24, 2.45) is 0 Å². The zero-order valence-corrected chi connectivity index (χ0v) is 10.6. The summed E-state index contributed by atoms with van der Waals surface area (Å²) in [4.78, 5) is 0. The van der Waals surface area contributed by atoms with Crippen molar-refractivity contribution in [3.8, 4) is 0 Å². The molecule has 0 saturated heterocycles. The first-order valence-electron chi connectivity index (χ1n) is 5.07. The van der Waals surface area contributed by atoms with Crippen LogP contribution >= 0.6 is 23.4 Å². The van der Waals surface area contributed by atoms with Crippen LogP contribution in [0.15, 0.2) is 30.9 Å². The van der Waals surface area contributed by atoms with Gasteiger partial charge in [-0.05, 0) is 12.1 Å². The largest absolute Gasteiger partial charge is 0.312 e. The third kappa shape index (κ3) is 5.01. The van der Waals surface area contributed by atoms with Crippen molar-refractivity contribution in [3.63, 3.8) is 0 Å². The second-order valence-electron chi connectivity index (χ2n) is 3.28. The number of benzene rings is 1. The molecule has 0 bridgehead atoms. The van der Waals surface area contributed by atoms with Crippen LogP contribution in [0.4, 0.5) is 4.39 Å². The van der Waals surface area contributed by atoms with E-state index in [0.29, 0.717) is 17.1 Å². The normalized spacial score (nSPS) is 10.4. The zero-order chi connectivity index (χ0) is 11.8. The molecule has 1 aromatic rings. The van der Waals surface area contributed by atoms with Crippen LogP contribution < -0.4 is 5.32 Å². The molecule has 0 aliphatic heterocycles. The van der Waals surface area contributed by atoms with Crippen LogP contribution in [0.25, 0.3) is 0 Å². The first-order chi connectivity index (χ1) is 7.74. The summed E-state index contributed by atoms with van der Waals surface area (Å²) in [5.41, 5.74) is 0.651. The summed E-state index contributed by atoms with van der Waals surface area (Å²) in [6.45, 7) is 5.04. The Balaban J connectivity index is 2.24. The van der Waals surface area contributed by atoms with Crippen LogP contribution in [-0.4, -0.2) is 18.1 Å². The summed E-state index contributed by atoms with van der Waals surface area (Å²) in [6, 6.07) is 4.75. The average molecular weight is 260 g/mol. The third-order valence-electron chi connectivity index (χ3n) is 1.99. The molecule has 88 valence electrons. The smallest absolute Gasteiger partial charge is 0.129 e. The molecule has 0 radical (unpaired) electrons. The van der Waals surface area contributed by atoms with Gasteiger partial charge in [0.1, 0.15) is 5.82 Å². The van der Waals surface area contributed by atoms with Gasteiger partial charge in [0, 0.05) is 35.2 Å². The molecule has 0 unspecified atom stereocenters. The minimum absolute atomic E-state index is 0.251. The summed E-state index contributed by atoms with van der Waals surface area (Å²) >= 11 is 7.46. The highest BCUT2D eigenvalue weighted by Gasteiger charge is 2.01. The number of hydrogen-bond acceptors (Lipinski definition) is 2. The number of rotatable bonds is 7. The quantitative estimate of drug-likeness (QED) is 0.594. The van der Waals surface area contributed by atoms with Gasteiger partial charge in [-0.25, -0.2) is 4.39 Å². The van der Waals surface area contributed by atoms with Gasteiger partial charge < -0.3 is 5.32 Å². The maximum absolute atomic E-state index is 13.3. The number of nitrogens with one attached hydrogen (secondary N) is 1. The monoisotopic (exact) mass is 259 g/mol. The molecule has 4 heteroatoms. The molecule has 0 heterocycles.